The van der Waals surface area contributed by atoms with E-state index in [-0.39, 0.29) is 0 Å². The highest BCUT2D eigenvalue weighted by Gasteiger charge is 2.12. The van der Waals surface area contributed by atoms with Crippen molar-refractivity contribution in [3.63, 3.8) is 0 Å². The Morgan fingerprint density at radius 3 is 2.45 bits per heavy atom. The van der Waals surface area contributed by atoms with Crippen LogP contribution in [-0.4, -0.2) is 39.5 Å². The minimum absolute atomic E-state index is 0.753. The first kappa shape index (κ1) is 15.6. The van der Waals surface area contributed by atoms with Crippen molar-refractivity contribution in [3.8, 4) is 5.75 Å². The smallest absolute Gasteiger partial charge is 0.119 e. The molecule has 0 atom stereocenters. The van der Waals surface area contributed by atoms with E-state index < -0.39 is 0 Å². The highest BCUT2D eigenvalue weighted by atomic mass is 35.5. The molecule has 1 aliphatic rings. The zero-order chi connectivity index (χ0) is 14.0. The zero-order valence-corrected chi connectivity index (χ0v) is 12.8. The summed E-state index contributed by atoms with van der Waals surface area (Å²) in [6.07, 6.45) is 4.99. The first-order valence-corrected chi connectivity index (χ1v) is 8.02. The van der Waals surface area contributed by atoms with Gasteiger partial charge < -0.3 is 14.4 Å². The summed E-state index contributed by atoms with van der Waals surface area (Å²) in [6, 6.07) is 7.57. The second-order valence-corrected chi connectivity index (χ2v) is 5.77. The van der Waals surface area contributed by atoms with Crippen molar-refractivity contribution in [3.05, 3.63) is 29.3 Å². The molecule has 0 aliphatic carbocycles. The lowest BCUT2D eigenvalue weighted by Gasteiger charge is -2.23. The van der Waals surface area contributed by atoms with Gasteiger partial charge in [-0.15, -0.1) is 0 Å². The molecule has 1 aliphatic heterocycles. The molecule has 0 aromatic heterocycles. The number of benzene rings is 1. The van der Waals surface area contributed by atoms with Gasteiger partial charge in [0.15, 0.2) is 0 Å². The molecule has 0 radical (unpaired) electrons. The van der Waals surface area contributed by atoms with Crippen LogP contribution in [-0.2, 0) is 4.74 Å². The second-order valence-electron chi connectivity index (χ2n) is 5.33. The second kappa shape index (κ2) is 9.22. The molecule has 4 heteroatoms. The maximum absolute atomic E-state index is 5.83. The summed E-state index contributed by atoms with van der Waals surface area (Å²) < 4.78 is 11.0. The molecule has 1 saturated heterocycles. The minimum Gasteiger partial charge on any atom is -0.494 e. The molecule has 0 amide bonds. The molecule has 3 nitrogen and oxygen atoms in total. The third-order valence-corrected chi connectivity index (χ3v) is 3.96. The van der Waals surface area contributed by atoms with Crippen molar-refractivity contribution >= 4 is 11.6 Å². The van der Waals surface area contributed by atoms with Gasteiger partial charge in [-0.3, -0.25) is 0 Å². The molecular formula is C16H25ClNO2+. The van der Waals surface area contributed by atoms with Crippen molar-refractivity contribution in [2.24, 2.45) is 0 Å². The van der Waals surface area contributed by atoms with Gasteiger partial charge in [-0.25, -0.2) is 0 Å². The Bertz CT molecular complexity index is 363. The van der Waals surface area contributed by atoms with Crippen LogP contribution in [0.25, 0.3) is 0 Å². The van der Waals surface area contributed by atoms with E-state index in [4.69, 9.17) is 21.1 Å². The van der Waals surface area contributed by atoms with E-state index in [9.17, 15) is 0 Å². The SMILES string of the molecule is Clc1ccc(OCCCCCC[NH+]2CCOCC2)cc1. The number of morpholine rings is 1. The highest BCUT2D eigenvalue weighted by molar-refractivity contribution is 6.30. The standard InChI is InChI=1S/C16H24ClNO2/c17-15-5-7-16(8-6-15)20-12-4-2-1-3-9-18-10-13-19-14-11-18/h5-8H,1-4,9-14H2/p+1. The van der Waals surface area contributed by atoms with E-state index >= 15 is 0 Å². The van der Waals surface area contributed by atoms with Crippen LogP contribution in [0.2, 0.25) is 5.02 Å². The summed E-state index contributed by atoms with van der Waals surface area (Å²) in [5.74, 6) is 0.909. The normalized spacial score (nSPS) is 16.2. The predicted molar refractivity (Wildman–Crippen MR) is 81.8 cm³/mol. The molecule has 1 fully saturated rings. The Balaban J connectivity index is 1.44. The van der Waals surface area contributed by atoms with E-state index in [1.165, 1.54) is 38.9 Å². The van der Waals surface area contributed by atoms with E-state index in [1.54, 1.807) is 4.90 Å². The summed E-state index contributed by atoms with van der Waals surface area (Å²) in [6.45, 7) is 6.32. The minimum atomic E-state index is 0.753. The Morgan fingerprint density at radius 2 is 1.70 bits per heavy atom. The molecule has 0 bridgehead atoms. The van der Waals surface area contributed by atoms with Crippen LogP contribution in [0.3, 0.4) is 0 Å². The molecule has 0 saturated carbocycles. The highest BCUT2D eigenvalue weighted by Crippen LogP contribution is 2.15. The lowest BCUT2D eigenvalue weighted by atomic mass is 10.2. The lowest BCUT2D eigenvalue weighted by Crippen LogP contribution is -3.14. The maximum Gasteiger partial charge on any atom is 0.119 e. The number of quaternary nitrogens is 1. The van der Waals surface area contributed by atoms with Gasteiger partial charge in [0.2, 0.25) is 0 Å². The first-order valence-electron chi connectivity index (χ1n) is 7.64. The van der Waals surface area contributed by atoms with E-state index in [1.807, 2.05) is 24.3 Å². The van der Waals surface area contributed by atoms with Crippen molar-refractivity contribution < 1.29 is 14.4 Å². The molecule has 1 N–H and O–H groups in total. The topological polar surface area (TPSA) is 22.9 Å². The number of halogens is 1. The molecule has 112 valence electrons. The summed E-state index contributed by atoms with van der Waals surface area (Å²) in [7, 11) is 0. The van der Waals surface area contributed by atoms with Crippen molar-refractivity contribution in [1.82, 2.24) is 0 Å². The number of hydrogen-bond donors (Lipinski definition) is 1. The fraction of sp³-hybridized carbons (Fsp3) is 0.625. The van der Waals surface area contributed by atoms with Crippen LogP contribution in [0.15, 0.2) is 24.3 Å². The predicted octanol–water partition coefficient (Wildman–Crippen LogP) is 2.19. The number of nitrogens with one attached hydrogen (secondary N) is 1. The van der Waals surface area contributed by atoms with Crippen LogP contribution in [0.1, 0.15) is 25.7 Å². The average molecular weight is 299 g/mol. The van der Waals surface area contributed by atoms with Gasteiger partial charge in [-0.2, -0.15) is 0 Å². The quantitative estimate of drug-likeness (QED) is 0.744. The molecule has 0 spiro atoms. The van der Waals surface area contributed by atoms with Crippen LogP contribution in [0.5, 0.6) is 5.75 Å². The summed E-state index contributed by atoms with van der Waals surface area (Å²) in [5, 5.41) is 0.753. The van der Waals surface area contributed by atoms with Gasteiger partial charge in [0.25, 0.3) is 0 Å². The number of rotatable bonds is 8. The zero-order valence-electron chi connectivity index (χ0n) is 12.1. The summed E-state index contributed by atoms with van der Waals surface area (Å²) in [4.78, 5) is 1.70. The van der Waals surface area contributed by atoms with Crippen molar-refractivity contribution in [2.75, 3.05) is 39.5 Å². The van der Waals surface area contributed by atoms with Crippen LogP contribution in [0.4, 0.5) is 0 Å². The Kier molecular flexibility index (Phi) is 7.20. The van der Waals surface area contributed by atoms with Crippen molar-refractivity contribution in [2.45, 2.75) is 25.7 Å². The third kappa shape index (κ3) is 6.12. The van der Waals surface area contributed by atoms with Gasteiger partial charge in [0.05, 0.1) is 26.4 Å². The van der Waals surface area contributed by atoms with Crippen LogP contribution in [0, 0.1) is 0 Å². The molecule has 0 unspecified atom stereocenters. The van der Waals surface area contributed by atoms with Crippen molar-refractivity contribution in [1.29, 1.82) is 0 Å². The number of ether oxygens (including phenoxy) is 2. The fourth-order valence-corrected chi connectivity index (χ4v) is 2.59. The van der Waals surface area contributed by atoms with Gasteiger partial charge in [-0.05, 0) is 49.9 Å². The molecule has 20 heavy (non-hydrogen) atoms. The van der Waals surface area contributed by atoms with Gasteiger partial charge in [0, 0.05) is 5.02 Å². The average Bonchev–Trinajstić information content (AvgIpc) is 2.49. The van der Waals surface area contributed by atoms with Crippen LogP contribution < -0.4 is 9.64 Å². The monoisotopic (exact) mass is 298 g/mol. The summed E-state index contributed by atoms with van der Waals surface area (Å²) >= 11 is 5.83. The molecule has 1 heterocycles. The lowest BCUT2D eigenvalue weighted by molar-refractivity contribution is -0.908. The van der Waals surface area contributed by atoms with Gasteiger partial charge in [0.1, 0.15) is 18.8 Å². The molecule has 1 aromatic rings. The third-order valence-electron chi connectivity index (χ3n) is 3.71. The number of unbranched alkanes of at least 4 members (excludes halogenated alkanes) is 3. The van der Waals surface area contributed by atoms with E-state index in [0.717, 1.165) is 37.0 Å². The Morgan fingerprint density at radius 1 is 1.00 bits per heavy atom. The van der Waals surface area contributed by atoms with Gasteiger partial charge in [-0.1, -0.05) is 11.6 Å². The van der Waals surface area contributed by atoms with E-state index in [0.29, 0.717) is 0 Å². The molecular weight excluding hydrogens is 274 g/mol. The molecule has 2 rings (SSSR count). The van der Waals surface area contributed by atoms with E-state index in [2.05, 4.69) is 0 Å². The van der Waals surface area contributed by atoms with Gasteiger partial charge >= 0.3 is 0 Å². The number of hydrogen-bond acceptors (Lipinski definition) is 2. The largest absolute Gasteiger partial charge is 0.494 e. The molecule has 1 aromatic carbocycles. The fourth-order valence-electron chi connectivity index (χ4n) is 2.46. The maximum atomic E-state index is 5.83. The first-order chi connectivity index (χ1) is 9.84. The Hall–Kier alpha value is -0.770. The van der Waals surface area contributed by atoms with Crippen LogP contribution >= 0.6 is 11.6 Å². The summed E-state index contributed by atoms with van der Waals surface area (Å²) in [5.41, 5.74) is 0. The Labute approximate surface area is 126 Å².